The summed E-state index contributed by atoms with van der Waals surface area (Å²) in [7, 11) is 4.50. The molecule has 76 heavy (non-hydrogen) atoms. The highest BCUT2D eigenvalue weighted by atomic mass is 16.6. The second-order valence-electron chi connectivity index (χ2n) is 21.7. The van der Waals surface area contributed by atoms with E-state index in [0.717, 1.165) is 5.57 Å². The zero-order valence-electron chi connectivity index (χ0n) is 47.3. The van der Waals surface area contributed by atoms with Gasteiger partial charge in [0.15, 0.2) is 18.0 Å². The van der Waals surface area contributed by atoms with Gasteiger partial charge in [-0.15, -0.1) is 0 Å². The lowest BCUT2D eigenvalue weighted by Gasteiger charge is -2.42. The van der Waals surface area contributed by atoms with Crippen molar-refractivity contribution in [2.24, 2.45) is 35.5 Å². The summed E-state index contributed by atoms with van der Waals surface area (Å²) in [6.07, 6.45) is 9.76. The number of aliphatic hydroxyl groups is 2. The Morgan fingerprint density at radius 2 is 1.59 bits per heavy atom. The molecule has 0 aromatic heterocycles. The van der Waals surface area contributed by atoms with Crippen LogP contribution in [0.3, 0.4) is 0 Å². The van der Waals surface area contributed by atoms with Crippen LogP contribution in [0.5, 0.6) is 0 Å². The van der Waals surface area contributed by atoms with Crippen molar-refractivity contribution >= 4 is 35.3 Å². The van der Waals surface area contributed by atoms with E-state index in [1.54, 1.807) is 48.0 Å². The number of amides is 2. The van der Waals surface area contributed by atoms with Crippen LogP contribution in [0.15, 0.2) is 47.6 Å². The van der Waals surface area contributed by atoms with E-state index < -0.39 is 95.9 Å². The molecule has 18 heteroatoms. The van der Waals surface area contributed by atoms with E-state index in [1.807, 2.05) is 58.1 Å². The topological polar surface area (TPSA) is 232 Å². The quantitative estimate of drug-likeness (QED) is 0.0690. The fraction of sp³-hybridized carbons (Fsp3) is 0.759. The first-order valence-electron chi connectivity index (χ1n) is 27.8. The Bertz CT molecular complexity index is 2020. The monoisotopic (exact) mass is 1070 g/mol. The van der Waals surface area contributed by atoms with Crippen molar-refractivity contribution in [3.63, 3.8) is 0 Å². The third-order valence-corrected chi connectivity index (χ3v) is 15.8. The lowest BCUT2D eigenvalue weighted by molar-refractivity contribution is -0.265. The van der Waals surface area contributed by atoms with Crippen molar-refractivity contribution in [3.05, 3.63) is 47.6 Å². The Labute approximate surface area is 452 Å². The molecule has 2 bridgehead atoms. The van der Waals surface area contributed by atoms with E-state index in [1.165, 1.54) is 12.0 Å². The number of carbonyl (C=O) groups excluding carboxylic acids is 6. The number of Topliss-reactive ketones (excluding diaryl/α,β-unsaturated/α-hetero) is 3. The number of hydrogen-bond acceptors (Lipinski definition) is 16. The van der Waals surface area contributed by atoms with E-state index in [2.05, 4.69) is 5.32 Å². The molecule has 3 aliphatic heterocycles. The maximum atomic E-state index is 14.6. The molecular formula is C58H92N2O16. The van der Waals surface area contributed by atoms with Gasteiger partial charge in [0.25, 0.3) is 11.7 Å². The van der Waals surface area contributed by atoms with Crippen molar-refractivity contribution in [1.82, 2.24) is 10.2 Å². The van der Waals surface area contributed by atoms with Crippen molar-refractivity contribution in [3.8, 4) is 0 Å². The minimum Gasteiger partial charge on any atom is -0.460 e. The van der Waals surface area contributed by atoms with Crippen molar-refractivity contribution in [2.75, 3.05) is 60.8 Å². The summed E-state index contributed by atoms with van der Waals surface area (Å²) in [6.45, 7) is 16.2. The van der Waals surface area contributed by atoms with Crippen LogP contribution in [0.25, 0.3) is 0 Å². The molecule has 430 valence electrons. The Morgan fingerprint density at radius 1 is 0.855 bits per heavy atom. The number of carbonyl (C=O) groups is 6. The molecule has 0 aromatic carbocycles. The predicted octanol–water partition coefficient (Wildman–Crippen LogP) is 6.97. The van der Waals surface area contributed by atoms with Crippen LogP contribution in [-0.2, 0) is 61.9 Å². The van der Waals surface area contributed by atoms with Gasteiger partial charge in [-0.1, -0.05) is 71.1 Å². The zero-order valence-corrected chi connectivity index (χ0v) is 47.3. The average molecular weight is 1070 g/mol. The molecule has 2 amide bonds. The average Bonchev–Trinajstić information content (AvgIpc) is 3.40. The number of ketones is 3. The van der Waals surface area contributed by atoms with Crippen molar-refractivity contribution in [1.29, 1.82) is 0 Å². The first-order valence-corrected chi connectivity index (χ1v) is 27.8. The van der Waals surface area contributed by atoms with Crippen LogP contribution in [0.2, 0.25) is 0 Å². The van der Waals surface area contributed by atoms with Gasteiger partial charge in [-0.2, -0.15) is 0 Å². The van der Waals surface area contributed by atoms with Crippen LogP contribution >= 0.6 is 0 Å². The van der Waals surface area contributed by atoms with Gasteiger partial charge in [0, 0.05) is 71.6 Å². The minimum absolute atomic E-state index is 0.0518. The smallest absolute Gasteiger partial charge is 0.407 e. The van der Waals surface area contributed by atoms with Crippen LogP contribution in [0, 0.1) is 35.5 Å². The normalized spacial score (nSPS) is 36.1. The Morgan fingerprint density at radius 3 is 2.29 bits per heavy atom. The molecule has 2 saturated heterocycles. The van der Waals surface area contributed by atoms with Crippen LogP contribution in [-0.4, -0.2) is 166 Å². The highest BCUT2D eigenvalue weighted by molar-refractivity contribution is 6.39. The molecule has 3 N–H and O–H groups in total. The zero-order chi connectivity index (χ0) is 56.1. The summed E-state index contributed by atoms with van der Waals surface area (Å²) in [6, 6.07) is -1.18. The predicted molar refractivity (Wildman–Crippen MR) is 285 cm³/mol. The van der Waals surface area contributed by atoms with E-state index >= 15 is 0 Å². The second-order valence-corrected chi connectivity index (χ2v) is 21.7. The van der Waals surface area contributed by atoms with E-state index in [4.69, 9.17) is 37.9 Å². The first-order chi connectivity index (χ1) is 36.2. The second kappa shape index (κ2) is 32.1. The number of piperidine rings is 1. The number of aliphatic hydroxyl groups excluding tert-OH is 1. The molecule has 0 radical (unpaired) electrons. The fourth-order valence-electron chi connectivity index (χ4n) is 11.0. The third kappa shape index (κ3) is 18.8. The van der Waals surface area contributed by atoms with Gasteiger partial charge in [0.1, 0.15) is 17.9 Å². The fourth-order valence-corrected chi connectivity index (χ4v) is 11.0. The lowest BCUT2D eigenvalue weighted by Crippen LogP contribution is -2.61. The Kier molecular flexibility index (Phi) is 27.2. The number of fused-ring (bicyclic) bond motifs is 3. The summed E-state index contributed by atoms with van der Waals surface area (Å²) in [4.78, 5) is 86.8. The number of alkyl carbamates (subject to hydrolysis) is 1. The van der Waals surface area contributed by atoms with Gasteiger partial charge in [-0.3, -0.25) is 19.2 Å². The summed E-state index contributed by atoms with van der Waals surface area (Å²) in [5, 5.41) is 25.3. The van der Waals surface area contributed by atoms with Gasteiger partial charge >= 0.3 is 12.1 Å². The molecular weight excluding hydrogens is 981 g/mol. The molecule has 1 saturated carbocycles. The summed E-state index contributed by atoms with van der Waals surface area (Å²) in [5.41, 5.74) is 1.24. The molecule has 3 heterocycles. The molecule has 2 unspecified atom stereocenters. The van der Waals surface area contributed by atoms with Gasteiger partial charge in [0.05, 0.1) is 44.2 Å². The molecule has 4 aliphatic rings. The SMILES string of the molecule is CCOCCOCCNC(=O)O[C@@H]1/C(C)=C/[C@@H](C)C(=O)C[C@@H]([C@H](C)C[C@@H]2CCC(O)[C@H](OC)C2)OC(=O)[C@@H]2CCCCN2C(=O)C(=O)[C@]2(O)O[C@@H](CC[C@H]2C)C[C@H](OC)/C(C)=C/C=C/C=C/C(C)C[C@@H](C)C(=O)[C@@H]1OC. The number of esters is 1. The summed E-state index contributed by atoms with van der Waals surface area (Å²) >= 11 is 0. The van der Waals surface area contributed by atoms with Crippen LogP contribution in [0.1, 0.15) is 132 Å². The highest BCUT2D eigenvalue weighted by Crippen LogP contribution is 2.38. The number of hydrogen-bond donors (Lipinski definition) is 3. The van der Waals surface area contributed by atoms with E-state index in [0.29, 0.717) is 89.6 Å². The number of nitrogens with zero attached hydrogens (tertiary/aromatic N) is 1. The van der Waals surface area contributed by atoms with Gasteiger partial charge in [-0.25, -0.2) is 9.59 Å². The Balaban J connectivity index is 1.74. The van der Waals surface area contributed by atoms with Crippen LogP contribution in [0.4, 0.5) is 4.79 Å². The maximum absolute atomic E-state index is 14.6. The number of allylic oxidation sites excluding steroid dienone is 6. The number of rotatable bonds is 14. The third-order valence-electron chi connectivity index (χ3n) is 15.8. The highest BCUT2D eigenvalue weighted by Gasteiger charge is 2.53. The molecule has 4 rings (SSSR count). The molecule has 0 spiro atoms. The standard InChI is InChI=1S/C58H92N2O16/c1-12-72-28-29-73-27-25-59-57(67)75-52-41(7)31-38(4)47(62)35-49(39(5)32-43-22-24-46(61)50(33-43)70-10)74-56(66)45-20-16-17-26-60(45)55(65)54(64)58(68)42(8)21-23-44(76-58)34-48(69-9)37(3)19-15-13-14-18-36(2)30-40(6)51(63)53(52)71-11/h13-15,18-19,31,36,38-40,42-46,48-50,52-53,61,68H,12,16-17,20-30,32-35H2,1-11H3,(H,59,67)/b15-13+,18-14+,37-19+,41-31+/t36?,38-,39-,40-,42-,43+,44+,45+,46?,48+,49+,50-,52-,53+,58-/m1/s1. The largest absolute Gasteiger partial charge is 0.460 e. The molecule has 15 atom stereocenters. The lowest BCUT2D eigenvalue weighted by atomic mass is 9.78. The molecule has 1 aliphatic carbocycles. The molecule has 18 nitrogen and oxygen atoms in total. The van der Waals surface area contributed by atoms with Gasteiger partial charge in [-0.05, 0) is 114 Å². The maximum Gasteiger partial charge on any atom is 0.407 e. The number of methoxy groups -OCH3 is 3. The van der Waals surface area contributed by atoms with E-state index in [-0.39, 0.29) is 62.0 Å². The van der Waals surface area contributed by atoms with Crippen LogP contribution < -0.4 is 5.32 Å². The molecule has 0 aromatic rings. The minimum atomic E-state index is -2.46. The first kappa shape index (κ1) is 64.4. The number of ether oxygens (including phenoxy) is 8. The van der Waals surface area contributed by atoms with E-state index in [9.17, 15) is 39.0 Å². The van der Waals surface area contributed by atoms with Crippen molar-refractivity contribution < 1.29 is 76.9 Å². The Hall–Kier alpha value is -4.14. The molecule has 3 fully saturated rings. The van der Waals surface area contributed by atoms with Gasteiger partial charge < -0.3 is 58.3 Å². The van der Waals surface area contributed by atoms with Crippen molar-refractivity contribution in [2.45, 2.75) is 187 Å². The number of cyclic esters (lactones) is 1. The summed E-state index contributed by atoms with van der Waals surface area (Å²) < 4.78 is 46.7. The number of nitrogens with one attached hydrogen (secondary N) is 1. The van der Waals surface area contributed by atoms with Gasteiger partial charge in [0.2, 0.25) is 5.79 Å². The summed E-state index contributed by atoms with van der Waals surface area (Å²) in [5.74, 6) is -8.52.